The smallest absolute Gasteiger partial charge is 0.0107 e. The van der Waals surface area contributed by atoms with Gasteiger partial charge >= 0.3 is 0 Å². The summed E-state index contributed by atoms with van der Waals surface area (Å²) in [6, 6.07) is 4.51. The predicted octanol–water partition coefficient (Wildman–Crippen LogP) is 4.13. The molecule has 0 atom stereocenters. The maximum Gasteiger partial charge on any atom is 0.0107 e. The average molecular weight is 182 g/mol. The number of hydrogen-bond acceptors (Lipinski definition) is 1. The van der Waals surface area contributed by atoms with Gasteiger partial charge in [-0.2, -0.15) is 0 Å². The van der Waals surface area contributed by atoms with Gasteiger partial charge in [0.25, 0.3) is 0 Å². The average Bonchev–Trinajstić information content (AvgIpc) is 2.51. The first-order chi connectivity index (χ1) is 5.62. The first kappa shape index (κ1) is 9.79. The molecule has 0 saturated heterocycles. The zero-order valence-electron chi connectivity index (χ0n) is 8.48. The van der Waals surface area contributed by atoms with Crippen LogP contribution >= 0.6 is 11.3 Å². The Kier molecular flexibility index (Phi) is 2.94. The highest BCUT2D eigenvalue weighted by Gasteiger charge is 2.23. The van der Waals surface area contributed by atoms with Crippen LogP contribution in [0, 0.1) is 6.92 Å². The van der Waals surface area contributed by atoms with Crippen molar-refractivity contribution in [1.29, 1.82) is 0 Å². The molecule has 0 unspecified atom stereocenters. The maximum atomic E-state index is 2.36. The molecule has 1 heteroatoms. The zero-order valence-corrected chi connectivity index (χ0v) is 9.29. The van der Waals surface area contributed by atoms with Crippen molar-refractivity contribution in [2.45, 2.75) is 46.0 Å². The van der Waals surface area contributed by atoms with E-state index in [2.05, 4.69) is 39.8 Å². The molecule has 0 saturated carbocycles. The van der Waals surface area contributed by atoms with Gasteiger partial charge in [0, 0.05) is 15.2 Å². The normalized spacial score (nSPS) is 12.0. The third kappa shape index (κ3) is 1.71. The highest BCUT2D eigenvalue weighted by molar-refractivity contribution is 7.12. The second kappa shape index (κ2) is 3.61. The molecule has 0 amide bonds. The van der Waals surface area contributed by atoms with Gasteiger partial charge in [0.2, 0.25) is 0 Å². The van der Waals surface area contributed by atoms with Crippen molar-refractivity contribution in [3.8, 4) is 0 Å². The van der Waals surface area contributed by atoms with Gasteiger partial charge in [-0.05, 0) is 31.9 Å². The van der Waals surface area contributed by atoms with Crippen molar-refractivity contribution in [2.75, 3.05) is 0 Å². The maximum absolute atomic E-state index is 2.36. The van der Waals surface area contributed by atoms with E-state index in [0.717, 1.165) is 0 Å². The lowest BCUT2D eigenvalue weighted by molar-refractivity contribution is 0.448. The lowest BCUT2D eigenvalue weighted by atomic mass is 9.83. The van der Waals surface area contributed by atoms with Crippen LogP contribution in [0.3, 0.4) is 0 Å². The molecule has 1 heterocycles. The van der Waals surface area contributed by atoms with E-state index in [4.69, 9.17) is 0 Å². The number of rotatable bonds is 3. The molecule has 1 rings (SSSR count). The van der Waals surface area contributed by atoms with E-state index in [1.165, 1.54) is 17.7 Å². The fourth-order valence-electron chi connectivity index (χ4n) is 1.36. The molecule has 0 N–H and O–H groups in total. The molecule has 0 aliphatic heterocycles. The molecule has 0 bridgehead atoms. The van der Waals surface area contributed by atoms with Gasteiger partial charge in [0.05, 0.1) is 0 Å². The minimum absolute atomic E-state index is 0.416. The summed E-state index contributed by atoms with van der Waals surface area (Å²) in [6.45, 7) is 9.09. The lowest BCUT2D eigenvalue weighted by Gasteiger charge is -2.24. The molecule has 0 aliphatic carbocycles. The van der Waals surface area contributed by atoms with Crippen molar-refractivity contribution in [1.82, 2.24) is 0 Å². The summed E-state index contributed by atoms with van der Waals surface area (Å²) in [5, 5.41) is 0. The Morgan fingerprint density at radius 3 is 2.17 bits per heavy atom. The van der Waals surface area contributed by atoms with E-state index in [0.29, 0.717) is 5.41 Å². The van der Waals surface area contributed by atoms with E-state index in [1.54, 1.807) is 4.88 Å². The van der Waals surface area contributed by atoms with Gasteiger partial charge in [-0.1, -0.05) is 20.8 Å². The van der Waals surface area contributed by atoms with Gasteiger partial charge in [-0.15, -0.1) is 11.3 Å². The topological polar surface area (TPSA) is 0 Å². The zero-order chi connectivity index (χ0) is 9.19. The summed E-state index contributed by atoms with van der Waals surface area (Å²) in [6.07, 6.45) is 2.48. The fourth-order valence-corrected chi connectivity index (χ4v) is 2.51. The highest BCUT2D eigenvalue weighted by Crippen LogP contribution is 2.35. The number of aryl methyl sites for hydroxylation is 1. The standard InChI is InChI=1S/C11H18S/c1-5-11(4,6-2)10-8-7-9(3)12-10/h7-8H,5-6H2,1-4H3. The Bertz CT molecular complexity index is 243. The molecule has 0 fully saturated rings. The van der Waals surface area contributed by atoms with Gasteiger partial charge in [-0.3, -0.25) is 0 Å². The molecule has 1 aromatic rings. The Morgan fingerprint density at radius 2 is 1.83 bits per heavy atom. The molecule has 0 spiro atoms. The number of hydrogen-bond donors (Lipinski definition) is 0. The van der Waals surface area contributed by atoms with Crippen LogP contribution in [0.4, 0.5) is 0 Å². The molecule has 0 aromatic carbocycles. The van der Waals surface area contributed by atoms with Crippen molar-refractivity contribution >= 4 is 11.3 Å². The Hall–Kier alpha value is -0.300. The van der Waals surface area contributed by atoms with Crippen molar-refractivity contribution in [3.05, 3.63) is 21.9 Å². The van der Waals surface area contributed by atoms with Crippen LogP contribution in [-0.2, 0) is 5.41 Å². The van der Waals surface area contributed by atoms with E-state index in [1.807, 2.05) is 11.3 Å². The van der Waals surface area contributed by atoms with Crippen LogP contribution in [0.5, 0.6) is 0 Å². The van der Waals surface area contributed by atoms with E-state index < -0.39 is 0 Å². The SMILES string of the molecule is CCC(C)(CC)c1ccc(C)s1. The second-order valence-corrected chi connectivity index (χ2v) is 4.97. The molecule has 0 aliphatic rings. The van der Waals surface area contributed by atoms with Gasteiger partial charge in [0.15, 0.2) is 0 Å². The Balaban J connectivity index is 2.94. The molecular weight excluding hydrogens is 164 g/mol. The summed E-state index contributed by atoms with van der Waals surface area (Å²) in [5.74, 6) is 0. The van der Waals surface area contributed by atoms with Crippen LogP contribution in [0.1, 0.15) is 43.4 Å². The molecule has 1 aromatic heterocycles. The number of thiophene rings is 1. The molecule has 68 valence electrons. The highest BCUT2D eigenvalue weighted by atomic mass is 32.1. The summed E-state index contributed by atoms with van der Waals surface area (Å²) in [7, 11) is 0. The summed E-state index contributed by atoms with van der Waals surface area (Å²) in [5.41, 5.74) is 0.416. The first-order valence-electron chi connectivity index (χ1n) is 4.69. The second-order valence-electron chi connectivity index (χ2n) is 3.68. The monoisotopic (exact) mass is 182 g/mol. The minimum Gasteiger partial charge on any atom is -0.145 e. The molecule has 12 heavy (non-hydrogen) atoms. The first-order valence-corrected chi connectivity index (χ1v) is 5.51. The summed E-state index contributed by atoms with van der Waals surface area (Å²) < 4.78 is 0. The van der Waals surface area contributed by atoms with E-state index >= 15 is 0 Å². The molecule has 0 radical (unpaired) electrons. The summed E-state index contributed by atoms with van der Waals surface area (Å²) in [4.78, 5) is 2.98. The van der Waals surface area contributed by atoms with Gasteiger partial charge in [-0.25, -0.2) is 0 Å². The Labute approximate surface area is 79.6 Å². The third-order valence-electron chi connectivity index (χ3n) is 2.90. The predicted molar refractivity (Wildman–Crippen MR) is 57.0 cm³/mol. The van der Waals surface area contributed by atoms with Gasteiger partial charge < -0.3 is 0 Å². The van der Waals surface area contributed by atoms with E-state index in [9.17, 15) is 0 Å². The van der Waals surface area contributed by atoms with Crippen molar-refractivity contribution in [2.24, 2.45) is 0 Å². The molecular formula is C11H18S. The Morgan fingerprint density at radius 1 is 1.25 bits per heavy atom. The van der Waals surface area contributed by atoms with Crippen LogP contribution < -0.4 is 0 Å². The van der Waals surface area contributed by atoms with E-state index in [-0.39, 0.29) is 0 Å². The van der Waals surface area contributed by atoms with Crippen LogP contribution in [0.15, 0.2) is 12.1 Å². The van der Waals surface area contributed by atoms with Crippen LogP contribution in [-0.4, -0.2) is 0 Å². The van der Waals surface area contributed by atoms with Crippen molar-refractivity contribution in [3.63, 3.8) is 0 Å². The largest absolute Gasteiger partial charge is 0.145 e. The third-order valence-corrected chi connectivity index (χ3v) is 4.20. The quantitative estimate of drug-likeness (QED) is 0.659. The summed E-state index contributed by atoms with van der Waals surface area (Å²) >= 11 is 1.94. The molecule has 0 nitrogen and oxygen atoms in total. The van der Waals surface area contributed by atoms with Crippen LogP contribution in [0.2, 0.25) is 0 Å². The van der Waals surface area contributed by atoms with Crippen LogP contribution in [0.25, 0.3) is 0 Å². The fraction of sp³-hybridized carbons (Fsp3) is 0.636. The van der Waals surface area contributed by atoms with Gasteiger partial charge in [0.1, 0.15) is 0 Å². The minimum atomic E-state index is 0.416. The van der Waals surface area contributed by atoms with Crippen molar-refractivity contribution < 1.29 is 0 Å². The lowest BCUT2D eigenvalue weighted by Crippen LogP contribution is -2.17.